The van der Waals surface area contributed by atoms with E-state index < -0.39 is 5.66 Å². The third kappa shape index (κ3) is 2.62. The summed E-state index contributed by atoms with van der Waals surface area (Å²) >= 11 is 0. The molecule has 3 aromatic rings. The molecule has 1 aromatic heterocycles. The smallest absolute Gasteiger partial charge is 0.201 e. The maximum absolute atomic E-state index is 11.4. The van der Waals surface area contributed by atoms with Crippen molar-refractivity contribution in [1.29, 1.82) is 0 Å². The van der Waals surface area contributed by atoms with Gasteiger partial charge in [0.05, 0.1) is 5.69 Å². The van der Waals surface area contributed by atoms with Crippen LogP contribution in [0, 0.1) is 0 Å². The fourth-order valence-corrected chi connectivity index (χ4v) is 2.79. The summed E-state index contributed by atoms with van der Waals surface area (Å²) in [7, 11) is 0. The van der Waals surface area contributed by atoms with Gasteiger partial charge in [0, 0.05) is 12.0 Å². The molecule has 3 rings (SSSR count). The fraction of sp³-hybridized carbons (Fsp3) is 0.167. The van der Waals surface area contributed by atoms with Gasteiger partial charge in [0.15, 0.2) is 6.29 Å². The molecule has 0 aliphatic carbocycles. The molecule has 0 aliphatic rings. The maximum atomic E-state index is 11.4. The first-order valence-corrected chi connectivity index (χ1v) is 7.72. The van der Waals surface area contributed by atoms with Crippen molar-refractivity contribution >= 4 is 6.29 Å². The third-order valence-corrected chi connectivity index (χ3v) is 4.02. The highest BCUT2D eigenvalue weighted by Gasteiger charge is 2.29. The fourth-order valence-electron chi connectivity index (χ4n) is 2.79. The molecule has 24 heavy (non-hydrogen) atoms. The van der Waals surface area contributed by atoms with Crippen LogP contribution in [0.4, 0.5) is 0 Å². The molecule has 0 fully saturated rings. The molecule has 6 nitrogen and oxygen atoms in total. The Morgan fingerprint density at radius 3 is 2.38 bits per heavy atom. The van der Waals surface area contributed by atoms with Crippen molar-refractivity contribution in [2.75, 3.05) is 0 Å². The first-order valence-electron chi connectivity index (χ1n) is 7.72. The molecule has 0 unspecified atom stereocenters. The Morgan fingerprint density at radius 2 is 1.71 bits per heavy atom. The Balaban J connectivity index is 2.24. The van der Waals surface area contributed by atoms with Gasteiger partial charge in [-0.25, -0.2) is 0 Å². The summed E-state index contributed by atoms with van der Waals surface area (Å²) in [4.78, 5) is 11.4. The van der Waals surface area contributed by atoms with Crippen LogP contribution in [0.5, 0.6) is 0 Å². The van der Waals surface area contributed by atoms with Crippen LogP contribution in [-0.4, -0.2) is 21.1 Å². The number of nitrogens with two attached hydrogens (primary N) is 2. The molecule has 0 bridgehead atoms. The lowest BCUT2D eigenvalue weighted by molar-refractivity contribution is 0.111. The van der Waals surface area contributed by atoms with E-state index in [1.165, 1.54) is 0 Å². The second-order valence-electron chi connectivity index (χ2n) is 5.53. The first kappa shape index (κ1) is 16.0. The van der Waals surface area contributed by atoms with Crippen LogP contribution in [0.15, 0.2) is 54.6 Å². The lowest BCUT2D eigenvalue weighted by Crippen LogP contribution is -2.47. The molecular weight excluding hydrogens is 302 g/mol. The van der Waals surface area contributed by atoms with Crippen molar-refractivity contribution in [2.24, 2.45) is 11.5 Å². The van der Waals surface area contributed by atoms with Gasteiger partial charge in [-0.05, 0) is 11.6 Å². The van der Waals surface area contributed by atoms with E-state index >= 15 is 0 Å². The highest BCUT2D eigenvalue weighted by atomic mass is 16.1. The normalized spacial score (nSPS) is 11.5. The number of carbonyl (C=O) groups is 1. The minimum absolute atomic E-state index is 0.225. The van der Waals surface area contributed by atoms with Crippen molar-refractivity contribution in [3.05, 3.63) is 77.4 Å². The summed E-state index contributed by atoms with van der Waals surface area (Å²) < 4.78 is 1.71. The highest BCUT2D eigenvalue weighted by molar-refractivity contribution is 5.71. The zero-order chi connectivity index (χ0) is 17.2. The third-order valence-electron chi connectivity index (χ3n) is 4.02. The number of rotatable bonds is 5. The number of aldehydes is 1. The Labute approximate surface area is 140 Å². The number of benzene rings is 2. The van der Waals surface area contributed by atoms with E-state index in [-0.39, 0.29) is 5.82 Å². The second kappa shape index (κ2) is 6.35. The molecule has 0 saturated heterocycles. The van der Waals surface area contributed by atoms with Crippen molar-refractivity contribution < 1.29 is 4.79 Å². The van der Waals surface area contributed by atoms with Gasteiger partial charge in [-0.3, -0.25) is 9.36 Å². The van der Waals surface area contributed by atoms with Gasteiger partial charge in [-0.1, -0.05) is 55.5 Å². The van der Waals surface area contributed by atoms with Gasteiger partial charge < -0.3 is 11.5 Å². The lowest BCUT2D eigenvalue weighted by atomic mass is 9.91. The van der Waals surface area contributed by atoms with Crippen LogP contribution in [-0.2, 0) is 12.1 Å². The van der Waals surface area contributed by atoms with E-state index in [0.29, 0.717) is 29.8 Å². The average Bonchev–Trinajstić information content (AvgIpc) is 3.05. The summed E-state index contributed by atoms with van der Waals surface area (Å²) in [5, 5.41) is 8.02. The second-order valence-corrected chi connectivity index (χ2v) is 5.53. The van der Waals surface area contributed by atoms with Gasteiger partial charge in [-0.2, -0.15) is 0 Å². The van der Waals surface area contributed by atoms with Gasteiger partial charge in [0.2, 0.25) is 5.82 Å². The lowest BCUT2D eigenvalue weighted by Gasteiger charge is -2.28. The van der Waals surface area contributed by atoms with E-state index in [1.54, 1.807) is 4.57 Å². The maximum Gasteiger partial charge on any atom is 0.201 e. The quantitative estimate of drug-likeness (QED) is 0.551. The van der Waals surface area contributed by atoms with Crippen molar-refractivity contribution in [3.8, 4) is 5.69 Å². The Kier molecular flexibility index (Phi) is 4.24. The van der Waals surface area contributed by atoms with E-state index in [2.05, 4.69) is 10.2 Å². The zero-order valence-corrected chi connectivity index (χ0v) is 13.4. The molecule has 0 saturated carbocycles. The van der Waals surface area contributed by atoms with Gasteiger partial charge in [0.25, 0.3) is 0 Å². The first-order chi connectivity index (χ1) is 11.6. The molecule has 1 heterocycles. The van der Waals surface area contributed by atoms with Crippen molar-refractivity contribution in [1.82, 2.24) is 14.8 Å². The van der Waals surface area contributed by atoms with E-state index in [4.69, 9.17) is 11.5 Å². The zero-order valence-electron chi connectivity index (χ0n) is 13.4. The molecule has 0 amide bonds. The molecule has 122 valence electrons. The van der Waals surface area contributed by atoms with E-state index in [1.807, 2.05) is 61.5 Å². The van der Waals surface area contributed by atoms with Crippen LogP contribution in [0.3, 0.4) is 0 Å². The summed E-state index contributed by atoms with van der Waals surface area (Å²) in [6.07, 6.45) is 1.31. The minimum atomic E-state index is -1.21. The van der Waals surface area contributed by atoms with Crippen LogP contribution < -0.4 is 11.5 Å². The van der Waals surface area contributed by atoms with Crippen molar-refractivity contribution in [2.45, 2.75) is 19.0 Å². The number of para-hydroxylation sites is 1. The number of aromatic nitrogens is 3. The standard InChI is InChI=1S/C18H19N5O/c1-2-16-21-22-17(12-24)23(16)15-11-7-6-10-14(15)18(19,20)13-8-4-3-5-9-13/h3-12H,2,19-20H2,1H3. The predicted octanol–water partition coefficient (Wildman–Crippen LogP) is 1.76. The SMILES string of the molecule is CCc1nnc(C=O)n1-c1ccccc1C(N)(N)c1ccccc1. The molecular formula is C18H19N5O. The number of aryl methyl sites for hydroxylation is 1. The molecule has 0 spiro atoms. The molecule has 0 aliphatic heterocycles. The highest BCUT2D eigenvalue weighted by Crippen LogP contribution is 2.28. The molecule has 4 N–H and O–H groups in total. The monoisotopic (exact) mass is 321 g/mol. The van der Waals surface area contributed by atoms with E-state index in [0.717, 1.165) is 5.56 Å². The average molecular weight is 321 g/mol. The van der Waals surface area contributed by atoms with Crippen LogP contribution in [0.2, 0.25) is 0 Å². The molecule has 6 heteroatoms. The van der Waals surface area contributed by atoms with Gasteiger partial charge in [-0.15, -0.1) is 10.2 Å². The number of hydrogen-bond donors (Lipinski definition) is 2. The molecule has 0 atom stereocenters. The van der Waals surface area contributed by atoms with Crippen LogP contribution >= 0.6 is 0 Å². The number of carbonyl (C=O) groups excluding carboxylic acids is 1. The van der Waals surface area contributed by atoms with Crippen LogP contribution in [0.1, 0.15) is 34.5 Å². The Hall–Kier alpha value is -2.83. The summed E-state index contributed by atoms with van der Waals surface area (Å²) in [6, 6.07) is 16.9. The molecule has 2 aromatic carbocycles. The van der Waals surface area contributed by atoms with Gasteiger partial charge >= 0.3 is 0 Å². The minimum Gasteiger partial charge on any atom is -0.306 e. The predicted molar refractivity (Wildman–Crippen MR) is 91.7 cm³/mol. The van der Waals surface area contributed by atoms with Gasteiger partial charge in [0.1, 0.15) is 11.5 Å². The summed E-state index contributed by atoms with van der Waals surface area (Å²) in [5.74, 6) is 0.900. The van der Waals surface area contributed by atoms with Crippen molar-refractivity contribution in [3.63, 3.8) is 0 Å². The summed E-state index contributed by atoms with van der Waals surface area (Å²) in [5.41, 5.74) is 13.9. The Bertz CT molecular complexity index is 855. The topological polar surface area (TPSA) is 99.8 Å². The summed E-state index contributed by atoms with van der Waals surface area (Å²) in [6.45, 7) is 1.95. The van der Waals surface area contributed by atoms with E-state index in [9.17, 15) is 4.79 Å². The largest absolute Gasteiger partial charge is 0.306 e. The number of hydrogen-bond acceptors (Lipinski definition) is 5. The number of nitrogens with zero attached hydrogens (tertiary/aromatic N) is 3. The van der Waals surface area contributed by atoms with Crippen LogP contribution in [0.25, 0.3) is 5.69 Å². The Morgan fingerprint density at radius 1 is 1.04 bits per heavy atom. The molecule has 0 radical (unpaired) electrons.